The molecule has 94 valence electrons. The van der Waals surface area contributed by atoms with Crippen LogP contribution in [0.1, 0.15) is 30.4 Å². The van der Waals surface area contributed by atoms with Crippen LogP contribution >= 0.6 is 0 Å². The van der Waals surface area contributed by atoms with Gasteiger partial charge in [-0.05, 0) is 31.9 Å². The molecule has 0 aliphatic heterocycles. The van der Waals surface area contributed by atoms with Gasteiger partial charge in [0.15, 0.2) is 0 Å². The van der Waals surface area contributed by atoms with E-state index in [9.17, 15) is 9.90 Å². The molecule has 0 atom stereocenters. The summed E-state index contributed by atoms with van der Waals surface area (Å²) in [6.07, 6.45) is 2.16. The minimum absolute atomic E-state index is 0.249. The van der Waals surface area contributed by atoms with Crippen LogP contribution in [0.3, 0.4) is 0 Å². The van der Waals surface area contributed by atoms with Crippen LogP contribution in [0.5, 0.6) is 5.75 Å². The highest BCUT2D eigenvalue weighted by Gasteiger charge is 2.02. The van der Waals surface area contributed by atoms with Gasteiger partial charge in [0, 0.05) is 18.5 Å². The number of para-hydroxylation sites is 1. The molecule has 4 nitrogen and oxygen atoms in total. The summed E-state index contributed by atoms with van der Waals surface area (Å²) in [4.78, 5) is 10.5. The highest BCUT2D eigenvalue weighted by Crippen LogP contribution is 2.20. The fraction of sp³-hybridized carbons (Fsp3) is 0.462. The van der Waals surface area contributed by atoms with E-state index in [0.29, 0.717) is 18.7 Å². The number of aromatic hydroxyl groups is 1. The third kappa shape index (κ3) is 4.87. The van der Waals surface area contributed by atoms with Gasteiger partial charge in [-0.25, -0.2) is 0 Å². The Bertz CT molecular complexity index is 378. The molecule has 1 aromatic rings. The Morgan fingerprint density at radius 1 is 1.41 bits per heavy atom. The second kappa shape index (κ2) is 6.91. The largest absolute Gasteiger partial charge is 0.507 e. The molecule has 17 heavy (non-hydrogen) atoms. The van der Waals surface area contributed by atoms with Gasteiger partial charge in [0.05, 0.1) is 0 Å². The number of amides is 1. The predicted molar refractivity (Wildman–Crippen MR) is 67.6 cm³/mol. The predicted octanol–water partition coefficient (Wildman–Crippen LogP) is 1.45. The molecule has 4 heteroatoms. The average molecular weight is 236 g/mol. The zero-order chi connectivity index (χ0) is 12.7. The van der Waals surface area contributed by atoms with Gasteiger partial charge in [-0.15, -0.1) is 0 Å². The van der Waals surface area contributed by atoms with Crippen molar-refractivity contribution < 1.29 is 9.90 Å². The number of primary amides is 1. The van der Waals surface area contributed by atoms with E-state index >= 15 is 0 Å². The molecule has 0 bridgehead atoms. The van der Waals surface area contributed by atoms with Gasteiger partial charge in [-0.3, -0.25) is 4.79 Å². The number of nitrogens with two attached hydrogens (primary N) is 1. The summed E-state index contributed by atoms with van der Waals surface area (Å²) in [7, 11) is 0. The number of unbranched alkanes of at least 4 members (excludes halogenated alkanes) is 1. The normalized spacial score (nSPS) is 10.4. The first-order valence-electron chi connectivity index (χ1n) is 5.87. The maximum atomic E-state index is 10.5. The van der Waals surface area contributed by atoms with Crippen LogP contribution in [-0.2, 0) is 11.3 Å². The highest BCUT2D eigenvalue weighted by atomic mass is 16.3. The topological polar surface area (TPSA) is 75.3 Å². The molecule has 0 saturated carbocycles. The Labute approximate surface area is 102 Å². The van der Waals surface area contributed by atoms with Crippen LogP contribution in [0.4, 0.5) is 0 Å². The van der Waals surface area contributed by atoms with Crippen molar-refractivity contribution in [3.05, 3.63) is 29.3 Å². The van der Waals surface area contributed by atoms with Gasteiger partial charge in [-0.1, -0.05) is 18.2 Å². The van der Waals surface area contributed by atoms with Crippen LogP contribution in [0, 0.1) is 6.92 Å². The Morgan fingerprint density at radius 2 is 2.18 bits per heavy atom. The molecule has 4 N–H and O–H groups in total. The molecule has 0 aliphatic carbocycles. The van der Waals surface area contributed by atoms with E-state index in [4.69, 9.17) is 5.73 Å². The van der Waals surface area contributed by atoms with Crippen LogP contribution in [-0.4, -0.2) is 17.6 Å². The molecule has 0 heterocycles. The Balaban J connectivity index is 2.22. The number of carbonyl (C=O) groups excluding carboxylic acids is 1. The van der Waals surface area contributed by atoms with Crippen molar-refractivity contribution in [3.63, 3.8) is 0 Å². The first kappa shape index (κ1) is 13.5. The summed E-state index contributed by atoms with van der Waals surface area (Å²) < 4.78 is 0. The van der Waals surface area contributed by atoms with Crippen LogP contribution in [0.15, 0.2) is 18.2 Å². The van der Waals surface area contributed by atoms with Crippen molar-refractivity contribution in [1.82, 2.24) is 5.32 Å². The molecule has 1 aromatic carbocycles. The minimum Gasteiger partial charge on any atom is -0.507 e. The van der Waals surface area contributed by atoms with Crippen LogP contribution < -0.4 is 11.1 Å². The van der Waals surface area contributed by atoms with Crippen molar-refractivity contribution in [2.24, 2.45) is 5.73 Å². The van der Waals surface area contributed by atoms with Gasteiger partial charge in [-0.2, -0.15) is 0 Å². The highest BCUT2D eigenvalue weighted by molar-refractivity contribution is 5.73. The van der Waals surface area contributed by atoms with Gasteiger partial charge in [0.1, 0.15) is 5.75 Å². The lowest BCUT2D eigenvalue weighted by Gasteiger charge is -2.08. The molecule has 0 radical (unpaired) electrons. The first-order valence-corrected chi connectivity index (χ1v) is 5.87. The zero-order valence-electron chi connectivity index (χ0n) is 10.2. The lowest BCUT2D eigenvalue weighted by atomic mass is 10.1. The fourth-order valence-corrected chi connectivity index (χ4v) is 1.63. The number of benzene rings is 1. The quantitative estimate of drug-likeness (QED) is 0.627. The number of phenolic OH excluding ortho intramolecular Hbond substituents is 1. The van der Waals surface area contributed by atoms with Crippen LogP contribution in [0.2, 0.25) is 0 Å². The molecular formula is C13H20N2O2. The molecule has 0 spiro atoms. The second-order valence-electron chi connectivity index (χ2n) is 4.18. The van der Waals surface area contributed by atoms with Gasteiger partial charge >= 0.3 is 0 Å². The van der Waals surface area contributed by atoms with Crippen molar-refractivity contribution >= 4 is 5.91 Å². The molecule has 0 aliphatic rings. The second-order valence-corrected chi connectivity index (χ2v) is 4.18. The van der Waals surface area contributed by atoms with Gasteiger partial charge < -0.3 is 16.2 Å². The van der Waals surface area contributed by atoms with Crippen LogP contribution in [0.25, 0.3) is 0 Å². The summed E-state index contributed by atoms with van der Waals surface area (Å²) in [6, 6.07) is 5.71. The number of rotatable bonds is 7. The minimum atomic E-state index is -0.249. The number of aryl methyl sites for hydroxylation is 1. The first-order chi connectivity index (χ1) is 8.11. The molecule has 1 rings (SSSR count). The van der Waals surface area contributed by atoms with E-state index in [1.165, 1.54) is 0 Å². The Morgan fingerprint density at radius 3 is 2.88 bits per heavy atom. The monoisotopic (exact) mass is 236 g/mol. The molecular weight excluding hydrogens is 216 g/mol. The third-order valence-corrected chi connectivity index (χ3v) is 2.66. The van der Waals surface area contributed by atoms with Crippen molar-refractivity contribution in [2.75, 3.05) is 6.54 Å². The number of carbonyl (C=O) groups is 1. The average Bonchev–Trinajstić information content (AvgIpc) is 2.28. The Kier molecular flexibility index (Phi) is 5.49. The summed E-state index contributed by atoms with van der Waals surface area (Å²) in [5.41, 5.74) is 6.83. The zero-order valence-corrected chi connectivity index (χ0v) is 10.2. The fourth-order valence-electron chi connectivity index (χ4n) is 1.63. The van der Waals surface area contributed by atoms with Crippen molar-refractivity contribution in [3.8, 4) is 5.75 Å². The summed E-state index contributed by atoms with van der Waals surface area (Å²) in [6.45, 7) is 3.34. The maximum absolute atomic E-state index is 10.5. The number of hydrogen-bond acceptors (Lipinski definition) is 3. The SMILES string of the molecule is Cc1cccc(CNCCCCC(N)=O)c1O. The van der Waals surface area contributed by atoms with E-state index in [1.807, 2.05) is 25.1 Å². The molecule has 0 saturated heterocycles. The third-order valence-electron chi connectivity index (χ3n) is 2.66. The summed E-state index contributed by atoms with van der Waals surface area (Å²) in [5, 5.41) is 13.0. The van der Waals surface area contributed by atoms with Crippen molar-refractivity contribution in [1.29, 1.82) is 0 Å². The lowest BCUT2D eigenvalue weighted by Crippen LogP contribution is -2.16. The molecule has 1 amide bonds. The standard InChI is InChI=1S/C13H20N2O2/c1-10-5-4-6-11(13(10)17)9-15-8-3-2-7-12(14)16/h4-6,15,17H,2-3,7-9H2,1H3,(H2,14,16). The van der Waals surface area contributed by atoms with Gasteiger partial charge in [0.2, 0.25) is 5.91 Å². The van der Waals surface area contributed by atoms with E-state index in [1.54, 1.807) is 0 Å². The molecule has 0 unspecified atom stereocenters. The number of phenols is 1. The van der Waals surface area contributed by atoms with E-state index in [-0.39, 0.29) is 5.91 Å². The maximum Gasteiger partial charge on any atom is 0.217 e. The van der Waals surface area contributed by atoms with E-state index < -0.39 is 0 Å². The lowest BCUT2D eigenvalue weighted by molar-refractivity contribution is -0.118. The van der Waals surface area contributed by atoms with E-state index in [0.717, 1.165) is 30.5 Å². The summed E-state index contributed by atoms with van der Waals surface area (Å²) in [5.74, 6) is 0.110. The number of nitrogens with one attached hydrogen (secondary N) is 1. The molecule has 0 aromatic heterocycles. The van der Waals surface area contributed by atoms with Crippen molar-refractivity contribution in [2.45, 2.75) is 32.7 Å². The molecule has 0 fully saturated rings. The Hall–Kier alpha value is -1.55. The summed E-state index contributed by atoms with van der Waals surface area (Å²) >= 11 is 0. The van der Waals surface area contributed by atoms with E-state index in [2.05, 4.69) is 5.32 Å². The smallest absolute Gasteiger partial charge is 0.217 e. The van der Waals surface area contributed by atoms with Gasteiger partial charge in [0.25, 0.3) is 0 Å². The number of hydrogen-bond donors (Lipinski definition) is 3.